The Hall–Kier alpha value is -1.30. The van der Waals surface area contributed by atoms with E-state index in [1.165, 1.54) is 45.3 Å². The van der Waals surface area contributed by atoms with Crippen LogP contribution in [0.15, 0.2) is 4.99 Å². The number of aliphatic imine (C=N–C) groups is 1. The van der Waals surface area contributed by atoms with Crippen LogP contribution in [0.5, 0.6) is 0 Å². The van der Waals surface area contributed by atoms with Gasteiger partial charge in [-0.05, 0) is 64.1 Å². The number of likely N-dealkylation sites (tertiary alicyclic amines) is 2. The van der Waals surface area contributed by atoms with Crippen LogP contribution < -0.4 is 10.6 Å². The third kappa shape index (κ3) is 6.30. The summed E-state index contributed by atoms with van der Waals surface area (Å²) in [4.78, 5) is 20.8. The van der Waals surface area contributed by atoms with Gasteiger partial charge in [0.15, 0.2) is 5.96 Å². The molecule has 2 heterocycles. The van der Waals surface area contributed by atoms with Gasteiger partial charge in [0, 0.05) is 40.2 Å². The SMILES string of the molecule is CN=C(NCCCCN1CCCC1)N1CCC(CC(=O)NC)CC1. The lowest BCUT2D eigenvalue weighted by molar-refractivity contribution is -0.121. The summed E-state index contributed by atoms with van der Waals surface area (Å²) < 4.78 is 0. The molecule has 1 amide bonds. The zero-order chi connectivity index (χ0) is 17.2. The fraction of sp³-hybridized carbons (Fsp3) is 0.889. The molecule has 24 heavy (non-hydrogen) atoms. The topological polar surface area (TPSA) is 60.0 Å². The number of carbonyl (C=O) groups is 1. The van der Waals surface area contributed by atoms with Crippen molar-refractivity contribution in [1.82, 2.24) is 20.4 Å². The average Bonchev–Trinajstić information content (AvgIpc) is 3.12. The van der Waals surface area contributed by atoms with Crippen LogP contribution in [0.2, 0.25) is 0 Å². The molecule has 2 saturated heterocycles. The summed E-state index contributed by atoms with van der Waals surface area (Å²) in [5.41, 5.74) is 0. The Morgan fingerprint density at radius 2 is 1.83 bits per heavy atom. The van der Waals surface area contributed by atoms with Crippen molar-refractivity contribution >= 4 is 11.9 Å². The molecule has 0 aromatic heterocycles. The lowest BCUT2D eigenvalue weighted by Crippen LogP contribution is -2.46. The summed E-state index contributed by atoms with van der Waals surface area (Å²) in [5.74, 6) is 1.70. The molecule has 0 aromatic carbocycles. The number of guanidine groups is 1. The zero-order valence-corrected chi connectivity index (χ0v) is 15.5. The van der Waals surface area contributed by atoms with Gasteiger partial charge in [-0.3, -0.25) is 9.79 Å². The second-order valence-corrected chi connectivity index (χ2v) is 7.04. The Morgan fingerprint density at radius 3 is 2.46 bits per heavy atom. The van der Waals surface area contributed by atoms with Gasteiger partial charge in [0.2, 0.25) is 5.91 Å². The summed E-state index contributed by atoms with van der Waals surface area (Å²) in [6, 6.07) is 0. The van der Waals surface area contributed by atoms with E-state index in [1.807, 2.05) is 7.05 Å². The molecule has 6 nitrogen and oxygen atoms in total. The zero-order valence-electron chi connectivity index (χ0n) is 15.5. The van der Waals surface area contributed by atoms with E-state index in [0.29, 0.717) is 12.3 Å². The van der Waals surface area contributed by atoms with E-state index in [-0.39, 0.29) is 5.91 Å². The maximum absolute atomic E-state index is 11.5. The molecular formula is C18H35N5O. The standard InChI is InChI=1S/C18H35N5O/c1-19-17(24)15-16-7-13-23(14-8-16)18(20-2)21-9-3-4-10-22-11-5-6-12-22/h16H,3-15H2,1-2H3,(H,19,24)(H,20,21). The second-order valence-electron chi connectivity index (χ2n) is 7.04. The molecule has 2 fully saturated rings. The monoisotopic (exact) mass is 337 g/mol. The van der Waals surface area contributed by atoms with Gasteiger partial charge in [0.25, 0.3) is 0 Å². The average molecular weight is 338 g/mol. The third-order valence-corrected chi connectivity index (χ3v) is 5.26. The Labute approximate surface area is 147 Å². The highest BCUT2D eigenvalue weighted by Gasteiger charge is 2.22. The van der Waals surface area contributed by atoms with Gasteiger partial charge < -0.3 is 20.4 Å². The van der Waals surface area contributed by atoms with E-state index in [1.54, 1.807) is 7.05 Å². The van der Waals surface area contributed by atoms with Gasteiger partial charge in [-0.25, -0.2) is 0 Å². The van der Waals surface area contributed by atoms with E-state index in [4.69, 9.17) is 0 Å². The normalized spacial score (nSPS) is 20.4. The summed E-state index contributed by atoms with van der Waals surface area (Å²) in [6.07, 6.45) is 8.02. The predicted octanol–water partition coefficient (Wildman–Crippen LogP) is 1.29. The van der Waals surface area contributed by atoms with Crippen molar-refractivity contribution in [2.45, 2.75) is 44.9 Å². The van der Waals surface area contributed by atoms with Crippen LogP contribution in [-0.4, -0.2) is 75.0 Å². The number of hydrogen-bond donors (Lipinski definition) is 2. The summed E-state index contributed by atoms with van der Waals surface area (Å²) in [6.45, 7) is 6.81. The molecule has 2 N–H and O–H groups in total. The first-order chi connectivity index (χ1) is 11.7. The molecular weight excluding hydrogens is 302 g/mol. The summed E-state index contributed by atoms with van der Waals surface area (Å²) >= 11 is 0. The lowest BCUT2D eigenvalue weighted by atomic mass is 9.93. The number of piperidine rings is 1. The summed E-state index contributed by atoms with van der Waals surface area (Å²) in [7, 11) is 3.58. The van der Waals surface area contributed by atoms with Crippen LogP contribution in [-0.2, 0) is 4.79 Å². The Balaban J connectivity index is 1.59. The molecule has 0 saturated carbocycles. The van der Waals surface area contributed by atoms with Crippen molar-refractivity contribution in [2.75, 3.05) is 53.4 Å². The Kier molecular flexibility index (Phi) is 8.36. The minimum absolute atomic E-state index is 0.161. The number of carbonyl (C=O) groups excluding carboxylic acids is 1. The molecule has 0 aliphatic carbocycles. The highest BCUT2D eigenvalue weighted by atomic mass is 16.1. The van der Waals surface area contributed by atoms with Crippen LogP contribution in [0.4, 0.5) is 0 Å². The fourth-order valence-electron chi connectivity index (χ4n) is 3.71. The van der Waals surface area contributed by atoms with Crippen LogP contribution in [0.25, 0.3) is 0 Å². The van der Waals surface area contributed by atoms with Crippen molar-refractivity contribution in [3.8, 4) is 0 Å². The van der Waals surface area contributed by atoms with Gasteiger partial charge in [0.1, 0.15) is 0 Å². The van der Waals surface area contributed by atoms with Crippen LogP contribution >= 0.6 is 0 Å². The molecule has 0 spiro atoms. The van der Waals surface area contributed by atoms with Gasteiger partial charge in [-0.15, -0.1) is 0 Å². The molecule has 0 radical (unpaired) electrons. The molecule has 0 bridgehead atoms. The largest absolute Gasteiger partial charge is 0.359 e. The highest BCUT2D eigenvalue weighted by Crippen LogP contribution is 2.20. The smallest absolute Gasteiger partial charge is 0.220 e. The first-order valence-corrected chi connectivity index (χ1v) is 9.61. The number of rotatable bonds is 7. The van der Waals surface area contributed by atoms with E-state index in [0.717, 1.165) is 38.4 Å². The van der Waals surface area contributed by atoms with Crippen molar-refractivity contribution in [3.05, 3.63) is 0 Å². The van der Waals surface area contributed by atoms with E-state index in [9.17, 15) is 4.79 Å². The summed E-state index contributed by atoms with van der Waals surface area (Å²) in [5, 5.41) is 6.23. The number of hydrogen-bond acceptors (Lipinski definition) is 3. The van der Waals surface area contributed by atoms with Gasteiger partial charge in [-0.1, -0.05) is 0 Å². The van der Waals surface area contributed by atoms with Crippen LogP contribution in [0.3, 0.4) is 0 Å². The number of unbranched alkanes of at least 4 members (excludes halogenated alkanes) is 1. The number of nitrogens with zero attached hydrogens (tertiary/aromatic N) is 3. The van der Waals surface area contributed by atoms with Gasteiger partial charge >= 0.3 is 0 Å². The second kappa shape index (κ2) is 10.5. The molecule has 0 unspecified atom stereocenters. The maximum atomic E-state index is 11.5. The Morgan fingerprint density at radius 1 is 1.12 bits per heavy atom. The fourth-order valence-corrected chi connectivity index (χ4v) is 3.71. The van der Waals surface area contributed by atoms with Gasteiger partial charge in [-0.2, -0.15) is 0 Å². The Bertz CT molecular complexity index is 398. The molecule has 2 aliphatic heterocycles. The molecule has 6 heteroatoms. The first-order valence-electron chi connectivity index (χ1n) is 9.61. The predicted molar refractivity (Wildman–Crippen MR) is 99.3 cm³/mol. The first kappa shape index (κ1) is 19.0. The highest BCUT2D eigenvalue weighted by molar-refractivity contribution is 5.80. The van der Waals surface area contributed by atoms with Crippen molar-refractivity contribution in [2.24, 2.45) is 10.9 Å². The minimum Gasteiger partial charge on any atom is -0.359 e. The maximum Gasteiger partial charge on any atom is 0.220 e. The number of nitrogens with one attached hydrogen (secondary N) is 2. The van der Waals surface area contributed by atoms with E-state index < -0.39 is 0 Å². The van der Waals surface area contributed by atoms with Gasteiger partial charge in [0.05, 0.1) is 0 Å². The molecule has 0 aromatic rings. The van der Waals surface area contributed by atoms with Crippen LogP contribution in [0.1, 0.15) is 44.9 Å². The number of amides is 1. The molecule has 2 aliphatic rings. The van der Waals surface area contributed by atoms with Crippen molar-refractivity contribution in [1.29, 1.82) is 0 Å². The molecule has 138 valence electrons. The molecule has 0 atom stereocenters. The minimum atomic E-state index is 0.161. The van der Waals surface area contributed by atoms with Crippen LogP contribution in [0, 0.1) is 5.92 Å². The van der Waals surface area contributed by atoms with Crippen molar-refractivity contribution in [3.63, 3.8) is 0 Å². The molecule has 2 rings (SSSR count). The quantitative estimate of drug-likeness (QED) is 0.417. The third-order valence-electron chi connectivity index (χ3n) is 5.26. The van der Waals surface area contributed by atoms with E-state index in [2.05, 4.69) is 25.4 Å². The van der Waals surface area contributed by atoms with Crippen molar-refractivity contribution < 1.29 is 4.79 Å². The van der Waals surface area contributed by atoms with E-state index >= 15 is 0 Å². The lowest BCUT2D eigenvalue weighted by Gasteiger charge is -2.34.